The Morgan fingerprint density at radius 1 is 1.15 bits per heavy atom. The molecule has 2 rings (SSSR count). The summed E-state index contributed by atoms with van der Waals surface area (Å²) >= 11 is 5.61. The summed E-state index contributed by atoms with van der Waals surface area (Å²) in [6, 6.07) is 2.15. The minimum Gasteiger partial charge on any atom is -0.263 e. The van der Waals surface area contributed by atoms with E-state index in [0.29, 0.717) is 24.5 Å². The lowest BCUT2D eigenvalue weighted by Crippen LogP contribution is -2.08. The highest BCUT2D eigenvalue weighted by molar-refractivity contribution is 6.17. The van der Waals surface area contributed by atoms with Crippen molar-refractivity contribution in [2.24, 2.45) is 0 Å². The van der Waals surface area contributed by atoms with Gasteiger partial charge in [0.15, 0.2) is 17.5 Å². The van der Waals surface area contributed by atoms with Crippen LogP contribution in [0.5, 0.6) is 0 Å². The summed E-state index contributed by atoms with van der Waals surface area (Å²) in [5, 5.41) is 6.36. The molecule has 1 heterocycles. The van der Waals surface area contributed by atoms with Gasteiger partial charge in [0.05, 0.1) is 0 Å². The quantitative estimate of drug-likeness (QED) is 0.501. The molecule has 0 aliphatic carbocycles. The highest BCUT2D eigenvalue weighted by atomic mass is 35.5. The zero-order valence-corrected chi connectivity index (χ0v) is 11.3. The lowest BCUT2D eigenvalue weighted by molar-refractivity contribution is 0.434. The molecular weight excluding hydrogens is 291 g/mol. The largest absolute Gasteiger partial charge is 0.263 e. The van der Waals surface area contributed by atoms with Crippen LogP contribution in [0.4, 0.5) is 13.2 Å². The fraction of sp³-hybridized carbons (Fsp3) is 0.385. The van der Waals surface area contributed by atoms with Crippen molar-refractivity contribution >= 4 is 11.6 Å². The Morgan fingerprint density at radius 3 is 2.60 bits per heavy atom. The van der Waals surface area contributed by atoms with Crippen molar-refractivity contribution in [3.8, 4) is 0 Å². The van der Waals surface area contributed by atoms with Crippen LogP contribution < -0.4 is 0 Å². The Bertz CT molecular complexity index is 560. The topological polar surface area (TPSA) is 41.6 Å². The Balaban J connectivity index is 2.34. The predicted octanol–water partition coefficient (Wildman–Crippen LogP) is 3.76. The summed E-state index contributed by atoms with van der Waals surface area (Å²) < 4.78 is 40.3. The number of rotatable bonds is 6. The van der Waals surface area contributed by atoms with Gasteiger partial charge in [0.1, 0.15) is 12.2 Å². The van der Waals surface area contributed by atoms with Gasteiger partial charge in [0.25, 0.3) is 0 Å². The molecule has 0 saturated carbocycles. The Morgan fingerprint density at radius 2 is 1.95 bits per heavy atom. The molecule has 2 aromatic rings. The van der Waals surface area contributed by atoms with Crippen LogP contribution in [0.1, 0.15) is 36.6 Å². The molecule has 20 heavy (non-hydrogen) atoms. The van der Waals surface area contributed by atoms with Crippen molar-refractivity contribution in [3.63, 3.8) is 0 Å². The van der Waals surface area contributed by atoms with Crippen molar-refractivity contribution in [1.82, 2.24) is 15.2 Å². The van der Waals surface area contributed by atoms with E-state index < -0.39 is 23.4 Å². The molecule has 1 unspecified atom stereocenters. The normalized spacial score (nSPS) is 12.6. The summed E-state index contributed by atoms with van der Waals surface area (Å²) in [6.45, 7) is 0. The first-order valence-corrected chi connectivity index (χ1v) is 6.73. The Labute approximate surface area is 119 Å². The summed E-state index contributed by atoms with van der Waals surface area (Å²) in [7, 11) is 0. The average Bonchev–Trinajstić information content (AvgIpc) is 2.96. The van der Waals surface area contributed by atoms with Crippen LogP contribution in [0.3, 0.4) is 0 Å². The molecule has 108 valence electrons. The lowest BCUT2D eigenvalue weighted by Gasteiger charge is -2.15. The first kappa shape index (κ1) is 14.8. The monoisotopic (exact) mass is 303 g/mol. The van der Waals surface area contributed by atoms with E-state index >= 15 is 0 Å². The Hall–Kier alpha value is -1.56. The fourth-order valence-electron chi connectivity index (χ4n) is 2.08. The lowest BCUT2D eigenvalue weighted by atomic mass is 9.92. The second kappa shape index (κ2) is 6.74. The number of halogens is 4. The van der Waals surface area contributed by atoms with Crippen LogP contribution in [0, 0.1) is 17.5 Å². The Kier molecular flexibility index (Phi) is 5.00. The van der Waals surface area contributed by atoms with Crippen LogP contribution in [0.15, 0.2) is 18.5 Å². The number of nitrogens with zero attached hydrogens (tertiary/aromatic N) is 2. The first-order chi connectivity index (χ1) is 9.65. The molecule has 1 atom stereocenters. The van der Waals surface area contributed by atoms with Crippen LogP contribution in [0.25, 0.3) is 0 Å². The van der Waals surface area contributed by atoms with Gasteiger partial charge in [-0.1, -0.05) is 12.5 Å². The number of aromatic nitrogens is 3. The third-order valence-electron chi connectivity index (χ3n) is 3.08. The minimum atomic E-state index is -1.47. The van der Waals surface area contributed by atoms with E-state index in [-0.39, 0.29) is 5.56 Å². The van der Waals surface area contributed by atoms with E-state index in [9.17, 15) is 13.2 Å². The molecule has 0 saturated heterocycles. The van der Waals surface area contributed by atoms with E-state index in [1.54, 1.807) is 0 Å². The van der Waals surface area contributed by atoms with Gasteiger partial charge in [-0.05, 0) is 18.9 Å². The molecule has 1 N–H and O–H groups in total. The van der Waals surface area contributed by atoms with Gasteiger partial charge in [-0.15, -0.1) is 11.6 Å². The number of alkyl halides is 1. The number of nitrogens with one attached hydrogen (secondary N) is 1. The van der Waals surface area contributed by atoms with E-state index in [2.05, 4.69) is 15.2 Å². The van der Waals surface area contributed by atoms with Crippen LogP contribution in [-0.4, -0.2) is 21.1 Å². The zero-order chi connectivity index (χ0) is 14.5. The van der Waals surface area contributed by atoms with Crippen molar-refractivity contribution in [2.45, 2.75) is 25.2 Å². The van der Waals surface area contributed by atoms with Crippen molar-refractivity contribution in [2.75, 3.05) is 5.88 Å². The van der Waals surface area contributed by atoms with Crippen molar-refractivity contribution in [3.05, 3.63) is 47.3 Å². The molecule has 0 aliphatic rings. The summed E-state index contributed by atoms with van der Waals surface area (Å²) in [4.78, 5) is 3.98. The van der Waals surface area contributed by atoms with Crippen LogP contribution in [-0.2, 0) is 0 Å². The summed E-state index contributed by atoms with van der Waals surface area (Å²) in [6.07, 6.45) is 3.27. The maximum Gasteiger partial charge on any atom is 0.194 e. The molecule has 0 radical (unpaired) electrons. The molecule has 0 amide bonds. The van der Waals surface area contributed by atoms with Gasteiger partial charge in [0, 0.05) is 17.4 Å². The highest BCUT2D eigenvalue weighted by Crippen LogP contribution is 2.30. The second-order valence-electron chi connectivity index (χ2n) is 4.37. The van der Waals surface area contributed by atoms with E-state index in [1.165, 1.54) is 12.4 Å². The number of hydrogen-bond donors (Lipinski definition) is 1. The molecule has 0 spiro atoms. The van der Waals surface area contributed by atoms with Gasteiger partial charge >= 0.3 is 0 Å². The molecule has 0 fully saturated rings. The standard InChI is InChI=1S/C13H13ClF3N3/c14-6-2-1-3-9(13-18-7-19-20-13)8-4-5-10(15)12(17)11(8)16/h4-5,7,9H,1-3,6H2,(H,18,19,20). The van der Waals surface area contributed by atoms with Gasteiger partial charge in [0.2, 0.25) is 0 Å². The third kappa shape index (κ3) is 3.12. The third-order valence-corrected chi connectivity index (χ3v) is 3.35. The van der Waals surface area contributed by atoms with Gasteiger partial charge in [-0.25, -0.2) is 18.2 Å². The summed E-state index contributed by atoms with van der Waals surface area (Å²) in [5.41, 5.74) is 0.0650. The number of hydrogen-bond acceptors (Lipinski definition) is 2. The molecule has 0 aliphatic heterocycles. The number of H-pyrrole nitrogens is 1. The fourth-order valence-corrected chi connectivity index (χ4v) is 2.26. The maximum atomic E-state index is 13.9. The number of unbranched alkanes of at least 4 members (excludes halogenated alkanes) is 1. The summed E-state index contributed by atoms with van der Waals surface area (Å²) in [5.74, 6) is -3.45. The van der Waals surface area contributed by atoms with E-state index in [0.717, 1.165) is 12.5 Å². The number of benzene rings is 1. The van der Waals surface area contributed by atoms with Crippen LogP contribution in [0.2, 0.25) is 0 Å². The van der Waals surface area contributed by atoms with Crippen LogP contribution >= 0.6 is 11.6 Å². The maximum absolute atomic E-state index is 13.9. The average molecular weight is 304 g/mol. The molecule has 7 heteroatoms. The molecule has 0 bridgehead atoms. The molecule has 1 aromatic carbocycles. The molecule has 1 aromatic heterocycles. The second-order valence-corrected chi connectivity index (χ2v) is 4.75. The number of aromatic amines is 1. The van der Waals surface area contributed by atoms with Gasteiger partial charge < -0.3 is 0 Å². The van der Waals surface area contributed by atoms with Gasteiger partial charge in [-0.3, -0.25) is 5.10 Å². The zero-order valence-electron chi connectivity index (χ0n) is 10.5. The molecule has 3 nitrogen and oxygen atoms in total. The predicted molar refractivity (Wildman–Crippen MR) is 69.1 cm³/mol. The van der Waals surface area contributed by atoms with Crippen molar-refractivity contribution < 1.29 is 13.2 Å². The SMILES string of the molecule is Fc1ccc(C(CCCCCl)c2ncn[nH]2)c(F)c1F. The smallest absolute Gasteiger partial charge is 0.194 e. The van der Waals surface area contributed by atoms with Crippen molar-refractivity contribution in [1.29, 1.82) is 0 Å². The first-order valence-electron chi connectivity index (χ1n) is 6.19. The minimum absolute atomic E-state index is 0.0650. The van der Waals surface area contributed by atoms with E-state index in [1.807, 2.05) is 0 Å². The van der Waals surface area contributed by atoms with E-state index in [4.69, 9.17) is 11.6 Å². The molecular formula is C13H13ClF3N3. The highest BCUT2D eigenvalue weighted by Gasteiger charge is 2.24. The van der Waals surface area contributed by atoms with Gasteiger partial charge in [-0.2, -0.15) is 5.10 Å².